The number of rotatable bonds is 2. The lowest BCUT2D eigenvalue weighted by Crippen LogP contribution is -2.44. The Morgan fingerprint density at radius 3 is 2.15 bits per heavy atom. The lowest BCUT2D eigenvalue weighted by Gasteiger charge is -2.23. The van der Waals surface area contributed by atoms with E-state index in [1.165, 1.54) is 6.07 Å². The van der Waals surface area contributed by atoms with Gasteiger partial charge in [0.1, 0.15) is 5.69 Å². The van der Waals surface area contributed by atoms with Crippen molar-refractivity contribution in [3.8, 4) is 11.5 Å². The molecule has 1 aliphatic rings. The van der Waals surface area contributed by atoms with Gasteiger partial charge in [0, 0.05) is 5.39 Å². The van der Waals surface area contributed by atoms with Gasteiger partial charge < -0.3 is 9.47 Å². The molecule has 1 N–H and O–H groups in total. The van der Waals surface area contributed by atoms with Crippen molar-refractivity contribution in [1.29, 1.82) is 0 Å². The SMILES string of the molecule is O=S(=O)(O)C1(c2ccc3c(ccc4ccccc43)n2)Oc2ccccc2O1. The molecule has 0 spiro atoms. The summed E-state index contributed by atoms with van der Waals surface area (Å²) in [6.07, 6.45) is 0. The fourth-order valence-corrected chi connectivity index (χ4v) is 4.10. The zero-order chi connectivity index (χ0) is 18.6. The largest absolute Gasteiger partial charge is 0.430 e. The van der Waals surface area contributed by atoms with Crippen molar-refractivity contribution < 1.29 is 22.4 Å². The van der Waals surface area contributed by atoms with Crippen LogP contribution in [0.2, 0.25) is 0 Å². The van der Waals surface area contributed by atoms with Gasteiger partial charge in [0.05, 0.1) is 5.52 Å². The van der Waals surface area contributed by atoms with Crippen molar-refractivity contribution >= 4 is 31.8 Å². The van der Waals surface area contributed by atoms with Crippen LogP contribution < -0.4 is 9.47 Å². The number of aromatic nitrogens is 1. The first-order valence-corrected chi connectivity index (χ1v) is 9.65. The fourth-order valence-electron chi connectivity index (χ4n) is 3.33. The van der Waals surface area contributed by atoms with Crippen LogP contribution in [0.5, 0.6) is 11.5 Å². The third-order valence-electron chi connectivity index (χ3n) is 4.59. The van der Waals surface area contributed by atoms with Crippen LogP contribution in [-0.4, -0.2) is 18.0 Å². The first-order valence-electron chi connectivity index (χ1n) is 8.21. The van der Waals surface area contributed by atoms with Crippen molar-refractivity contribution in [1.82, 2.24) is 4.98 Å². The molecule has 0 amide bonds. The van der Waals surface area contributed by atoms with Crippen LogP contribution in [0.1, 0.15) is 5.69 Å². The van der Waals surface area contributed by atoms with E-state index in [0.717, 1.165) is 16.2 Å². The van der Waals surface area contributed by atoms with E-state index >= 15 is 0 Å². The molecule has 6 nitrogen and oxygen atoms in total. The molecule has 0 aliphatic carbocycles. The molecule has 1 aromatic heterocycles. The highest BCUT2D eigenvalue weighted by atomic mass is 32.2. The molecule has 0 saturated heterocycles. The highest BCUT2D eigenvalue weighted by Gasteiger charge is 2.56. The van der Waals surface area contributed by atoms with Crippen LogP contribution in [0.15, 0.2) is 72.8 Å². The summed E-state index contributed by atoms with van der Waals surface area (Å²) in [6, 6.07) is 21.3. The molecule has 0 unspecified atom stereocenters. The third kappa shape index (κ3) is 2.29. The predicted octanol–water partition coefficient (Wildman–Crippen LogP) is 3.86. The molecule has 7 heteroatoms. The highest BCUT2D eigenvalue weighted by Crippen LogP contribution is 2.46. The lowest BCUT2D eigenvalue weighted by molar-refractivity contribution is -0.0144. The quantitative estimate of drug-likeness (QED) is 0.420. The van der Waals surface area contributed by atoms with E-state index in [0.29, 0.717) is 5.52 Å². The summed E-state index contributed by atoms with van der Waals surface area (Å²) in [5.74, 6) is 0.436. The second-order valence-electron chi connectivity index (χ2n) is 6.23. The topological polar surface area (TPSA) is 85.7 Å². The monoisotopic (exact) mass is 379 g/mol. The van der Waals surface area contributed by atoms with Gasteiger partial charge in [-0.1, -0.05) is 48.5 Å². The Bertz CT molecular complexity index is 1290. The van der Waals surface area contributed by atoms with Crippen LogP contribution in [0.4, 0.5) is 0 Å². The van der Waals surface area contributed by atoms with Crippen molar-refractivity contribution in [3.05, 3.63) is 78.5 Å². The maximum absolute atomic E-state index is 12.2. The van der Waals surface area contributed by atoms with Gasteiger partial charge in [0.15, 0.2) is 11.5 Å². The summed E-state index contributed by atoms with van der Waals surface area (Å²) in [5.41, 5.74) is 0.515. The average Bonchev–Trinajstić information content (AvgIpc) is 3.08. The summed E-state index contributed by atoms with van der Waals surface area (Å²) in [7, 11) is -4.80. The standard InChI is InChI=1S/C20H13NO5S/c22-27(23,24)20(25-17-7-3-4-8-18(17)26-20)19-12-10-15-14-6-2-1-5-13(14)9-11-16(15)21-19/h1-12H,(H,22,23,24). The van der Waals surface area contributed by atoms with E-state index in [1.54, 1.807) is 36.4 Å². The molecule has 0 fully saturated rings. The number of fused-ring (bicyclic) bond motifs is 4. The minimum Gasteiger partial charge on any atom is -0.430 e. The second kappa shape index (κ2) is 5.42. The van der Waals surface area contributed by atoms with Crippen molar-refractivity contribution in [2.24, 2.45) is 0 Å². The minimum absolute atomic E-state index is 0.0519. The average molecular weight is 379 g/mol. The van der Waals surface area contributed by atoms with Gasteiger partial charge >= 0.3 is 15.2 Å². The summed E-state index contributed by atoms with van der Waals surface area (Å²) in [4.78, 5) is 4.44. The number of hydrogen-bond donors (Lipinski definition) is 1. The smallest absolute Gasteiger partial charge is 0.427 e. The predicted molar refractivity (Wildman–Crippen MR) is 100 cm³/mol. The number of benzene rings is 3. The maximum atomic E-state index is 12.2. The molecule has 0 bridgehead atoms. The molecule has 27 heavy (non-hydrogen) atoms. The highest BCUT2D eigenvalue weighted by molar-refractivity contribution is 7.86. The van der Waals surface area contributed by atoms with E-state index in [-0.39, 0.29) is 17.2 Å². The molecule has 1 aliphatic heterocycles. The molecular formula is C20H13NO5S. The van der Waals surface area contributed by atoms with Gasteiger partial charge in [-0.05, 0) is 35.0 Å². The molecule has 0 saturated carbocycles. The molecule has 2 heterocycles. The Labute approximate surface area is 154 Å². The van der Waals surface area contributed by atoms with Gasteiger partial charge in [0.2, 0.25) is 0 Å². The molecule has 4 aromatic rings. The van der Waals surface area contributed by atoms with Gasteiger partial charge in [-0.2, -0.15) is 8.42 Å². The Morgan fingerprint density at radius 2 is 1.44 bits per heavy atom. The Hall–Kier alpha value is -3.16. The minimum atomic E-state index is -4.80. The van der Waals surface area contributed by atoms with E-state index in [9.17, 15) is 13.0 Å². The summed E-state index contributed by atoms with van der Waals surface area (Å²) in [6.45, 7) is 0. The van der Waals surface area contributed by atoms with Crippen LogP contribution in [0.25, 0.3) is 21.7 Å². The van der Waals surface area contributed by atoms with E-state index in [1.807, 2.05) is 30.3 Å². The molecule has 0 radical (unpaired) electrons. The first-order chi connectivity index (χ1) is 13.0. The summed E-state index contributed by atoms with van der Waals surface area (Å²) >= 11 is 0. The van der Waals surface area contributed by atoms with Crippen molar-refractivity contribution in [2.45, 2.75) is 5.12 Å². The molecular weight excluding hydrogens is 366 g/mol. The number of nitrogens with zero attached hydrogens (tertiary/aromatic N) is 1. The lowest BCUT2D eigenvalue weighted by atomic mass is 10.0. The van der Waals surface area contributed by atoms with Gasteiger partial charge in [-0.3, -0.25) is 4.55 Å². The fraction of sp³-hybridized carbons (Fsp3) is 0.0500. The number of pyridine rings is 1. The van der Waals surface area contributed by atoms with Crippen LogP contribution in [0.3, 0.4) is 0 Å². The summed E-state index contributed by atoms with van der Waals surface area (Å²) < 4.78 is 45.5. The summed E-state index contributed by atoms with van der Waals surface area (Å²) in [5, 5.41) is 0.463. The second-order valence-corrected chi connectivity index (χ2v) is 7.72. The van der Waals surface area contributed by atoms with E-state index in [4.69, 9.17) is 9.47 Å². The van der Waals surface area contributed by atoms with Gasteiger partial charge in [0.25, 0.3) is 0 Å². The van der Waals surface area contributed by atoms with Gasteiger partial charge in [-0.25, -0.2) is 4.98 Å². The van der Waals surface area contributed by atoms with E-state index in [2.05, 4.69) is 4.98 Å². The zero-order valence-electron chi connectivity index (χ0n) is 13.9. The number of para-hydroxylation sites is 2. The zero-order valence-corrected chi connectivity index (χ0v) is 14.7. The Kier molecular flexibility index (Phi) is 3.22. The molecule has 0 atom stereocenters. The van der Waals surface area contributed by atoms with Crippen molar-refractivity contribution in [3.63, 3.8) is 0 Å². The Balaban J connectivity index is 1.74. The van der Waals surface area contributed by atoms with E-state index < -0.39 is 15.2 Å². The molecule has 3 aromatic carbocycles. The van der Waals surface area contributed by atoms with Crippen LogP contribution in [-0.2, 0) is 15.2 Å². The molecule has 5 rings (SSSR count). The Morgan fingerprint density at radius 1 is 0.778 bits per heavy atom. The van der Waals surface area contributed by atoms with Crippen molar-refractivity contribution in [2.75, 3.05) is 0 Å². The molecule has 134 valence electrons. The van der Waals surface area contributed by atoms with Crippen LogP contribution in [0, 0.1) is 0 Å². The van der Waals surface area contributed by atoms with Gasteiger partial charge in [-0.15, -0.1) is 0 Å². The van der Waals surface area contributed by atoms with Crippen LogP contribution >= 0.6 is 0 Å². The third-order valence-corrected chi connectivity index (χ3v) is 5.64. The number of hydrogen-bond acceptors (Lipinski definition) is 5. The normalized spacial score (nSPS) is 15.3. The number of ether oxygens (including phenoxy) is 2. The maximum Gasteiger partial charge on any atom is 0.427 e. The first kappa shape index (κ1) is 16.0.